The fourth-order valence-corrected chi connectivity index (χ4v) is 4.69. The van der Waals surface area contributed by atoms with Crippen molar-refractivity contribution in [1.29, 1.82) is 10.5 Å². The van der Waals surface area contributed by atoms with Gasteiger partial charge in [0.2, 0.25) is 0 Å². The first kappa shape index (κ1) is 25.6. The number of aromatic nitrogens is 1. The number of fused-ring (bicyclic) bond motifs is 1. The lowest BCUT2D eigenvalue weighted by Crippen LogP contribution is -2.38. The van der Waals surface area contributed by atoms with Crippen LogP contribution in [0.25, 0.3) is 10.9 Å². The zero-order chi connectivity index (χ0) is 26.9. The lowest BCUT2D eigenvalue weighted by atomic mass is 9.90. The molecule has 3 aromatic rings. The van der Waals surface area contributed by atoms with Crippen molar-refractivity contribution in [2.45, 2.75) is 45.2 Å². The molecule has 1 saturated carbocycles. The summed E-state index contributed by atoms with van der Waals surface area (Å²) in [4.78, 5) is 4.44. The van der Waals surface area contributed by atoms with Crippen LogP contribution < -0.4 is 21.6 Å². The Hall–Kier alpha value is -4.05. The second-order valence-corrected chi connectivity index (χ2v) is 10.9. The van der Waals surface area contributed by atoms with E-state index in [2.05, 4.69) is 43.7 Å². The normalized spacial score (nSPS) is 15.8. The fraction of sp³-hybridized carbons (Fsp3) is 0.321. The number of hydrazine groups is 2. The van der Waals surface area contributed by atoms with Gasteiger partial charge in [0.25, 0.3) is 0 Å². The van der Waals surface area contributed by atoms with Crippen molar-refractivity contribution >= 4 is 33.9 Å². The number of nitriles is 2. The molecule has 8 nitrogen and oxygen atoms in total. The highest BCUT2D eigenvalue weighted by atomic mass is 35.5. The van der Waals surface area contributed by atoms with Crippen LogP contribution in [0.1, 0.15) is 50.3 Å². The molecule has 5 rings (SSSR count). The maximum Gasteiger partial charge on any atom is 0.123 e. The van der Waals surface area contributed by atoms with Gasteiger partial charge >= 0.3 is 0 Å². The molecular formula is C28H28ClFN8. The van der Waals surface area contributed by atoms with E-state index in [1.54, 1.807) is 18.2 Å². The van der Waals surface area contributed by atoms with Crippen molar-refractivity contribution in [3.63, 3.8) is 0 Å². The van der Waals surface area contributed by atoms with Gasteiger partial charge in [0.05, 0.1) is 39.6 Å². The zero-order valence-electron chi connectivity index (χ0n) is 21.1. The number of hydrogen-bond acceptors (Lipinski definition) is 8. The van der Waals surface area contributed by atoms with Crippen LogP contribution >= 0.6 is 11.6 Å². The maximum atomic E-state index is 13.7. The highest BCUT2D eigenvalue weighted by molar-refractivity contribution is 6.35. The van der Waals surface area contributed by atoms with E-state index in [0.717, 1.165) is 24.1 Å². The largest absolute Gasteiger partial charge is 0.383 e. The number of rotatable bonds is 9. The number of benzene rings is 2. The summed E-state index contributed by atoms with van der Waals surface area (Å²) in [5.41, 5.74) is 10.2. The second kappa shape index (κ2) is 10.4. The Kier molecular flexibility index (Phi) is 6.98. The Morgan fingerprint density at radius 2 is 2.00 bits per heavy atom. The summed E-state index contributed by atoms with van der Waals surface area (Å²) in [5, 5.41) is 29.1. The zero-order valence-corrected chi connectivity index (χ0v) is 21.9. The number of nitrogens with zero attached hydrogens (tertiary/aromatic N) is 4. The van der Waals surface area contributed by atoms with Gasteiger partial charge in [-0.15, -0.1) is 5.53 Å². The summed E-state index contributed by atoms with van der Waals surface area (Å²) in [6.45, 7) is 4.47. The van der Waals surface area contributed by atoms with Gasteiger partial charge in [-0.25, -0.2) is 4.39 Å². The highest BCUT2D eigenvalue weighted by Gasteiger charge is 2.32. The molecule has 1 atom stereocenters. The van der Waals surface area contributed by atoms with Crippen molar-refractivity contribution in [3.05, 3.63) is 76.5 Å². The van der Waals surface area contributed by atoms with E-state index in [1.807, 2.05) is 26.1 Å². The molecule has 0 amide bonds. The third-order valence-corrected chi connectivity index (χ3v) is 7.01. The molecule has 1 aliphatic carbocycles. The molecule has 1 aliphatic heterocycles. The van der Waals surface area contributed by atoms with Crippen LogP contribution in [-0.4, -0.2) is 22.6 Å². The Labute approximate surface area is 226 Å². The van der Waals surface area contributed by atoms with Crippen LogP contribution in [0.15, 0.2) is 54.5 Å². The van der Waals surface area contributed by atoms with Crippen LogP contribution in [0.4, 0.5) is 15.8 Å². The van der Waals surface area contributed by atoms with Gasteiger partial charge in [0, 0.05) is 42.5 Å². The summed E-state index contributed by atoms with van der Waals surface area (Å²) >= 11 is 6.70. The van der Waals surface area contributed by atoms with Crippen LogP contribution in [0.3, 0.4) is 0 Å². The van der Waals surface area contributed by atoms with Crippen molar-refractivity contribution in [1.82, 2.24) is 21.0 Å². The monoisotopic (exact) mass is 530 g/mol. The summed E-state index contributed by atoms with van der Waals surface area (Å²) in [6.07, 6.45) is 6.16. The maximum absolute atomic E-state index is 13.7. The minimum Gasteiger partial charge on any atom is -0.383 e. The minimum atomic E-state index is -0.335. The number of halogens is 2. The second-order valence-electron chi connectivity index (χ2n) is 10.5. The Balaban J connectivity index is 1.53. The predicted molar refractivity (Wildman–Crippen MR) is 146 cm³/mol. The molecule has 1 unspecified atom stereocenters. The molecule has 1 fully saturated rings. The topological polar surface area (TPSA) is 112 Å². The lowest BCUT2D eigenvalue weighted by molar-refractivity contribution is 0.260. The number of pyridine rings is 1. The fourth-order valence-electron chi connectivity index (χ4n) is 4.42. The van der Waals surface area contributed by atoms with E-state index in [4.69, 9.17) is 11.6 Å². The molecule has 0 spiro atoms. The SMILES string of the molecule is CC(C)(CC#N)CNc1c(C#N)cnc2c(Cl)cc(NC(C3=CN(C4CC4)NN3)c3ccc(F)cc3)cc12. The number of anilines is 2. The summed E-state index contributed by atoms with van der Waals surface area (Å²) in [5.74, 6) is -0.308. The summed E-state index contributed by atoms with van der Waals surface area (Å²) in [7, 11) is 0. The minimum absolute atomic E-state index is 0.300. The van der Waals surface area contributed by atoms with Gasteiger partial charge < -0.3 is 16.1 Å². The molecular weight excluding hydrogens is 503 g/mol. The van der Waals surface area contributed by atoms with Gasteiger partial charge in [-0.1, -0.05) is 37.6 Å². The van der Waals surface area contributed by atoms with Gasteiger partial charge in [-0.05, 0) is 48.1 Å². The quantitative estimate of drug-likeness (QED) is 0.277. The molecule has 38 heavy (non-hydrogen) atoms. The molecule has 194 valence electrons. The van der Waals surface area contributed by atoms with Crippen molar-refractivity contribution in [2.75, 3.05) is 17.2 Å². The Morgan fingerprint density at radius 1 is 1.24 bits per heavy atom. The van der Waals surface area contributed by atoms with E-state index in [-0.39, 0.29) is 17.3 Å². The van der Waals surface area contributed by atoms with Crippen LogP contribution in [0.2, 0.25) is 5.02 Å². The Bertz CT molecular complexity index is 1470. The van der Waals surface area contributed by atoms with Crippen molar-refractivity contribution in [3.8, 4) is 12.1 Å². The van der Waals surface area contributed by atoms with Gasteiger partial charge in [-0.3, -0.25) is 9.99 Å². The van der Waals surface area contributed by atoms with Crippen LogP contribution in [-0.2, 0) is 0 Å². The van der Waals surface area contributed by atoms with Crippen LogP contribution in [0, 0.1) is 33.9 Å². The van der Waals surface area contributed by atoms with E-state index in [1.165, 1.54) is 18.3 Å². The van der Waals surface area contributed by atoms with E-state index in [0.29, 0.717) is 51.9 Å². The highest BCUT2D eigenvalue weighted by Crippen LogP contribution is 2.37. The molecule has 0 radical (unpaired) electrons. The van der Waals surface area contributed by atoms with E-state index < -0.39 is 0 Å². The molecule has 2 heterocycles. The third kappa shape index (κ3) is 5.45. The Morgan fingerprint density at radius 3 is 2.68 bits per heavy atom. The molecule has 4 N–H and O–H groups in total. The molecule has 2 aromatic carbocycles. The van der Waals surface area contributed by atoms with Crippen molar-refractivity contribution < 1.29 is 4.39 Å². The average molecular weight is 531 g/mol. The van der Waals surface area contributed by atoms with Crippen molar-refractivity contribution in [2.24, 2.45) is 5.41 Å². The van der Waals surface area contributed by atoms with Gasteiger partial charge in [0.1, 0.15) is 11.9 Å². The first-order valence-electron chi connectivity index (χ1n) is 12.4. The first-order chi connectivity index (χ1) is 18.3. The van der Waals surface area contributed by atoms with E-state index in [9.17, 15) is 14.9 Å². The third-order valence-electron chi connectivity index (χ3n) is 6.72. The number of hydrogen-bond donors (Lipinski definition) is 4. The standard InChI is InChI=1S/C28H28ClFN8/c1-28(2,9-10-31)16-34-25-18(13-32)14-33-27-22(25)11-20(12-23(27)29)35-26(17-3-5-19(30)6-4-17)24-15-38(37-36-24)21-7-8-21/h3-6,11-12,14-15,21,26,35-37H,7-9,16H2,1-2H3,(H,33,34). The molecule has 0 saturated heterocycles. The average Bonchev–Trinajstić information content (AvgIpc) is 3.63. The lowest BCUT2D eigenvalue weighted by Gasteiger charge is -2.24. The van der Waals surface area contributed by atoms with Gasteiger partial charge in [-0.2, -0.15) is 10.5 Å². The molecule has 2 aliphatic rings. The van der Waals surface area contributed by atoms with E-state index >= 15 is 0 Å². The summed E-state index contributed by atoms with van der Waals surface area (Å²) in [6, 6.07) is 14.6. The molecule has 1 aromatic heterocycles. The predicted octanol–water partition coefficient (Wildman–Crippen LogP) is 5.73. The molecule has 10 heteroatoms. The van der Waals surface area contributed by atoms with Gasteiger partial charge in [0.15, 0.2) is 0 Å². The smallest absolute Gasteiger partial charge is 0.123 e. The summed E-state index contributed by atoms with van der Waals surface area (Å²) < 4.78 is 13.7. The number of nitrogens with one attached hydrogen (secondary N) is 4. The molecule has 0 bridgehead atoms. The first-order valence-corrected chi connectivity index (χ1v) is 12.8. The van der Waals surface area contributed by atoms with Crippen LogP contribution in [0.5, 0.6) is 0 Å².